The molecule has 268 valence electrons. The largest absolute Gasteiger partial charge is 0.387 e. The first-order valence-corrected chi connectivity index (χ1v) is 18.8. The van der Waals surface area contributed by atoms with Crippen molar-refractivity contribution in [2.45, 2.75) is 38.5 Å². The number of benzene rings is 5. The lowest BCUT2D eigenvalue weighted by molar-refractivity contribution is -0.441. The maximum absolute atomic E-state index is 5.63. The van der Waals surface area contributed by atoms with Crippen LogP contribution in [-0.4, -0.2) is 57.9 Å². The molecule has 5 heteroatoms. The summed E-state index contributed by atoms with van der Waals surface area (Å²) in [4.78, 5) is 2.46. The van der Waals surface area contributed by atoms with Crippen molar-refractivity contribution in [1.29, 1.82) is 0 Å². The van der Waals surface area contributed by atoms with Crippen LogP contribution in [0.25, 0.3) is 32.7 Å². The van der Waals surface area contributed by atoms with Crippen LogP contribution in [0.4, 0.5) is 11.4 Å². The third-order valence-corrected chi connectivity index (χ3v) is 11.7. The smallest absolute Gasteiger partial charge is 0.210 e. The van der Waals surface area contributed by atoms with E-state index in [2.05, 4.69) is 164 Å². The molecule has 3 aliphatic rings. The predicted octanol–water partition coefficient (Wildman–Crippen LogP) is 9.93. The third-order valence-electron chi connectivity index (χ3n) is 11.7. The average molecular weight is 701 g/mol. The molecule has 8 rings (SSSR count). The fourth-order valence-electron chi connectivity index (χ4n) is 9.23. The minimum absolute atomic E-state index is 0.207. The summed E-state index contributed by atoms with van der Waals surface area (Å²) >= 11 is 0. The number of ether oxygens (including phenoxy) is 2. The van der Waals surface area contributed by atoms with Gasteiger partial charge in [0.05, 0.1) is 12.0 Å². The number of rotatable bonds is 10. The third kappa shape index (κ3) is 5.57. The average Bonchev–Trinajstić information content (AvgIpc) is 3.68. The summed E-state index contributed by atoms with van der Waals surface area (Å²) < 4.78 is 13.7. The zero-order valence-electron chi connectivity index (χ0n) is 32.1. The molecule has 0 unspecified atom stereocenters. The molecule has 5 nitrogen and oxygen atoms in total. The molecule has 5 aromatic rings. The molecule has 0 saturated heterocycles. The maximum atomic E-state index is 5.63. The summed E-state index contributed by atoms with van der Waals surface area (Å²) in [6.45, 7) is 12.3. The second kappa shape index (κ2) is 13.6. The van der Waals surface area contributed by atoms with Crippen LogP contribution in [0.15, 0.2) is 133 Å². The molecule has 0 amide bonds. The Morgan fingerprint density at radius 2 is 1.32 bits per heavy atom. The van der Waals surface area contributed by atoms with E-state index in [4.69, 9.17) is 9.47 Å². The zero-order chi connectivity index (χ0) is 36.9. The van der Waals surface area contributed by atoms with Crippen LogP contribution in [0.5, 0.6) is 0 Å². The Labute approximate surface area is 314 Å². The second-order valence-corrected chi connectivity index (χ2v) is 15.3. The Kier molecular flexibility index (Phi) is 8.96. The predicted molar refractivity (Wildman–Crippen MR) is 222 cm³/mol. The first-order valence-electron chi connectivity index (χ1n) is 18.8. The number of nitrogens with zero attached hydrogens (tertiary/aromatic N) is 2. The van der Waals surface area contributed by atoms with Crippen LogP contribution in [0.3, 0.4) is 0 Å². The van der Waals surface area contributed by atoms with Crippen molar-refractivity contribution in [3.05, 3.63) is 155 Å². The molecule has 0 bridgehead atoms. The quantitative estimate of drug-likeness (QED) is 0.147. The Morgan fingerprint density at radius 1 is 0.679 bits per heavy atom. The van der Waals surface area contributed by atoms with Gasteiger partial charge >= 0.3 is 0 Å². The molecule has 0 aromatic heterocycles. The molecule has 1 N–H and O–H groups in total. The first-order chi connectivity index (χ1) is 25.7. The van der Waals surface area contributed by atoms with Crippen LogP contribution >= 0.6 is 0 Å². The van der Waals surface area contributed by atoms with Gasteiger partial charge in [-0.15, -0.1) is 0 Å². The number of allylic oxidation sites excluding steroid dienone is 7. The number of hydrogen-bond donors (Lipinski definition) is 1. The lowest BCUT2D eigenvalue weighted by atomic mass is 9.79. The van der Waals surface area contributed by atoms with E-state index in [1.165, 1.54) is 77.7 Å². The molecular formula is C48H50N3O2+. The summed E-state index contributed by atoms with van der Waals surface area (Å²) in [7, 11) is 5.61. The molecule has 5 aromatic carbocycles. The number of anilines is 1. The lowest BCUT2D eigenvalue weighted by Crippen LogP contribution is -2.29. The Balaban J connectivity index is 1.25. The van der Waals surface area contributed by atoms with Gasteiger partial charge in [-0.1, -0.05) is 98.8 Å². The van der Waals surface area contributed by atoms with Crippen molar-refractivity contribution in [2.24, 2.45) is 0 Å². The highest BCUT2D eigenvalue weighted by Crippen LogP contribution is 2.51. The van der Waals surface area contributed by atoms with Crippen LogP contribution in [0, 0.1) is 0 Å². The molecule has 0 saturated carbocycles. The van der Waals surface area contributed by atoms with Gasteiger partial charge in [-0.2, -0.15) is 4.58 Å². The van der Waals surface area contributed by atoms with Crippen LogP contribution in [0.1, 0.15) is 49.9 Å². The van der Waals surface area contributed by atoms with Crippen molar-refractivity contribution < 1.29 is 14.0 Å². The van der Waals surface area contributed by atoms with E-state index in [-0.39, 0.29) is 10.8 Å². The van der Waals surface area contributed by atoms with E-state index in [1.807, 2.05) is 7.05 Å². The van der Waals surface area contributed by atoms with Crippen LogP contribution in [0.2, 0.25) is 0 Å². The van der Waals surface area contributed by atoms with Gasteiger partial charge in [0.15, 0.2) is 12.3 Å². The van der Waals surface area contributed by atoms with E-state index < -0.39 is 0 Å². The molecule has 0 spiro atoms. The summed E-state index contributed by atoms with van der Waals surface area (Å²) in [6, 6.07) is 35.4. The van der Waals surface area contributed by atoms with E-state index in [1.54, 1.807) is 14.2 Å². The van der Waals surface area contributed by atoms with Crippen molar-refractivity contribution in [2.75, 3.05) is 52.5 Å². The minimum Gasteiger partial charge on any atom is -0.387 e. The highest BCUT2D eigenvalue weighted by Gasteiger charge is 2.46. The highest BCUT2D eigenvalue weighted by molar-refractivity contribution is 6.10. The van der Waals surface area contributed by atoms with Gasteiger partial charge in [0.1, 0.15) is 6.61 Å². The van der Waals surface area contributed by atoms with Gasteiger partial charge in [-0.3, -0.25) is 0 Å². The molecule has 0 radical (unpaired) electrons. The molecule has 1 aliphatic carbocycles. The van der Waals surface area contributed by atoms with Gasteiger partial charge in [0.25, 0.3) is 0 Å². The van der Waals surface area contributed by atoms with Gasteiger partial charge < -0.3 is 19.7 Å². The zero-order valence-corrected chi connectivity index (χ0v) is 32.1. The summed E-state index contributed by atoms with van der Waals surface area (Å²) in [5, 5.41) is 8.79. The van der Waals surface area contributed by atoms with E-state index in [0.29, 0.717) is 13.2 Å². The van der Waals surface area contributed by atoms with Crippen molar-refractivity contribution in [1.82, 2.24) is 5.32 Å². The number of methoxy groups -OCH3 is 2. The van der Waals surface area contributed by atoms with E-state index in [0.717, 1.165) is 18.8 Å². The monoisotopic (exact) mass is 700 g/mol. The second-order valence-electron chi connectivity index (χ2n) is 15.3. The summed E-state index contributed by atoms with van der Waals surface area (Å²) in [6.07, 6.45) is 9.36. The van der Waals surface area contributed by atoms with Gasteiger partial charge in [-0.05, 0) is 76.4 Å². The molecule has 2 aliphatic heterocycles. The number of nitrogens with one attached hydrogen (secondary N) is 1. The van der Waals surface area contributed by atoms with Crippen LogP contribution < -0.4 is 10.2 Å². The topological polar surface area (TPSA) is 36.7 Å². The number of hydrogen-bond acceptors (Lipinski definition) is 4. The van der Waals surface area contributed by atoms with E-state index >= 15 is 0 Å². The minimum atomic E-state index is -0.207. The van der Waals surface area contributed by atoms with Gasteiger partial charge in [0.2, 0.25) is 5.69 Å². The van der Waals surface area contributed by atoms with Gasteiger partial charge in [-0.25, -0.2) is 0 Å². The normalized spacial score (nSPS) is 18.7. The fourth-order valence-corrected chi connectivity index (χ4v) is 9.23. The molecule has 0 fully saturated rings. The first kappa shape index (κ1) is 34.8. The lowest BCUT2D eigenvalue weighted by Gasteiger charge is -2.27. The molecule has 2 heterocycles. The molecule has 53 heavy (non-hydrogen) atoms. The van der Waals surface area contributed by atoms with Crippen LogP contribution in [-0.2, 0) is 20.3 Å². The Morgan fingerprint density at radius 3 is 2.02 bits per heavy atom. The standard InChI is InChI=1S/C48H49N3O2/c1-47(2)42(50(28-30-52-6)40-24-20-32-14-8-10-16-34(32)44(40)47)26-22-38-36-18-12-13-19-37(36)39(46(38)49-5)23-27-43-48(3,4)45-35-17-11-9-15-33(35)21-25-41(45)51(43)29-31-53-7/h8-27H,28-31H2,1-7H3/p+1/b38-22+,42-26+. The van der Waals surface area contributed by atoms with Crippen molar-refractivity contribution >= 4 is 49.8 Å². The summed E-state index contributed by atoms with van der Waals surface area (Å²) in [5.74, 6) is 0. The van der Waals surface area contributed by atoms with E-state index in [9.17, 15) is 0 Å². The molecular weight excluding hydrogens is 651 g/mol. The Hall–Kier alpha value is -5.23. The molecule has 0 atom stereocenters. The van der Waals surface area contributed by atoms with Crippen molar-refractivity contribution in [3.63, 3.8) is 0 Å². The SMILES string of the molecule is CNC1=C(/C=C/C2=[N+](CCOC)c3ccc4ccccc4c3C2(C)C)c2ccccc2/C1=C\C=C1\N(CCOC)c2ccc3ccccc3c2C1(C)C. The Bertz CT molecular complexity index is 2420. The number of fused-ring (bicyclic) bond motifs is 7. The number of likely N-dealkylation sites (N-methyl/N-ethyl adjacent to an activating group) is 1. The maximum Gasteiger partial charge on any atom is 0.210 e. The fraction of sp³-hybridized carbons (Fsp3) is 0.271. The van der Waals surface area contributed by atoms with Gasteiger partial charge in [0, 0.05) is 79.2 Å². The highest BCUT2D eigenvalue weighted by atomic mass is 16.5. The van der Waals surface area contributed by atoms with Crippen molar-refractivity contribution in [3.8, 4) is 0 Å². The summed E-state index contributed by atoms with van der Waals surface area (Å²) in [5.41, 5.74) is 13.4.